The van der Waals surface area contributed by atoms with E-state index in [1.807, 2.05) is 66.0 Å². The van der Waals surface area contributed by atoms with E-state index in [0.717, 1.165) is 58.8 Å². The van der Waals surface area contributed by atoms with Crippen molar-refractivity contribution in [3.8, 4) is 0 Å². The lowest BCUT2D eigenvalue weighted by molar-refractivity contribution is -0.436. The Balaban J connectivity index is 1.60. The molecule has 0 radical (unpaired) electrons. The third kappa shape index (κ3) is 9.84. The first-order chi connectivity index (χ1) is 28.8. The zero-order valence-corrected chi connectivity index (χ0v) is 36.3. The van der Waals surface area contributed by atoms with Gasteiger partial charge in [0.15, 0.2) is 11.6 Å². The minimum Gasteiger partial charge on any atom is -0.545 e. The Kier molecular flexibility index (Phi) is 15.9. The number of halogens is 4. The standard InChI is InChI=1S/C47H51ClF3N3O5Si/c1-7-16-31(8-2)53(3)33-19-21-35-37(29-33)60(5,6)38-30-34(54(4)32-17-12-11-13-18-32)20-22-36(38)39(35)40-41(47(56)57)44(50)45(51)42(43(40)49)46(55)52-24-26-59-28-27-58-25-15-10-9-14-23-48/h7-8,11-13,16-22,29-30H,1-2,9-10,14-15,23-28H2,3-6H3,(H-,52,55,56,57)/b31-16+. The Hall–Kier alpha value is -5.27. The molecule has 316 valence electrons. The molecule has 3 aromatic rings. The van der Waals surface area contributed by atoms with Crippen LogP contribution < -0.4 is 20.5 Å². The molecule has 60 heavy (non-hydrogen) atoms. The number of carbonyl (C=O) groups excluding carboxylic acids is 2. The van der Waals surface area contributed by atoms with E-state index in [0.29, 0.717) is 30.2 Å². The summed E-state index contributed by atoms with van der Waals surface area (Å²) < 4.78 is 62.1. The summed E-state index contributed by atoms with van der Waals surface area (Å²) in [6.07, 6.45) is 14.4. The van der Waals surface area contributed by atoms with Gasteiger partial charge in [0.1, 0.15) is 26.5 Å². The van der Waals surface area contributed by atoms with Crippen molar-refractivity contribution in [1.82, 2.24) is 5.32 Å². The molecule has 1 aliphatic heterocycles. The maximum atomic E-state index is 17.2. The Morgan fingerprint density at radius 3 is 2.25 bits per heavy atom. The average molecular weight is 858 g/mol. The van der Waals surface area contributed by atoms with Crippen molar-refractivity contribution in [2.75, 3.05) is 57.8 Å². The number of benzene rings is 3. The molecule has 0 fully saturated rings. The summed E-state index contributed by atoms with van der Waals surface area (Å²) in [4.78, 5) is 28.3. The molecule has 13 heteroatoms. The van der Waals surface area contributed by atoms with Gasteiger partial charge < -0.3 is 29.6 Å². The Morgan fingerprint density at radius 1 is 0.900 bits per heavy atom. The molecule has 0 atom stereocenters. The van der Waals surface area contributed by atoms with Crippen molar-refractivity contribution >= 4 is 59.4 Å². The van der Waals surface area contributed by atoms with Gasteiger partial charge in [0.2, 0.25) is 11.4 Å². The van der Waals surface area contributed by atoms with Crippen LogP contribution in [0.15, 0.2) is 115 Å². The average Bonchev–Trinajstić information content (AvgIpc) is 3.24. The second-order valence-electron chi connectivity index (χ2n) is 14.9. The van der Waals surface area contributed by atoms with E-state index in [1.54, 1.807) is 42.5 Å². The maximum absolute atomic E-state index is 17.2. The molecule has 1 heterocycles. The van der Waals surface area contributed by atoms with E-state index in [4.69, 9.17) is 21.1 Å². The Bertz CT molecular complexity index is 2300. The van der Waals surface area contributed by atoms with E-state index in [9.17, 15) is 14.7 Å². The number of ether oxygens (including phenoxy) is 2. The van der Waals surface area contributed by atoms with Gasteiger partial charge in [-0.1, -0.05) is 69.4 Å². The number of carboxylic acid groups (broad SMARTS) is 1. The van der Waals surface area contributed by atoms with Crippen LogP contribution in [-0.4, -0.2) is 83.2 Å². The topological polar surface area (TPSA) is 93.9 Å². The van der Waals surface area contributed by atoms with Crippen LogP contribution in [0.2, 0.25) is 13.1 Å². The fourth-order valence-electron chi connectivity index (χ4n) is 7.48. The summed E-state index contributed by atoms with van der Waals surface area (Å²) >= 11 is 5.70. The molecular formula is C47H51ClF3N3O5Si. The zero-order chi connectivity index (χ0) is 43.6. The Morgan fingerprint density at radius 2 is 1.58 bits per heavy atom. The van der Waals surface area contributed by atoms with Crippen molar-refractivity contribution in [3.63, 3.8) is 0 Å². The summed E-state index contributed by atoms with van der Waals surface area (Å²) in [5.74, 6) is -8.17. The fraction of sp³-hybridized carbons (Fsp3) is 0.298. The quantitative estimate of drug-likeness (QED) is 0.0311. The predicted molar refractivity (Wildman–Crippen MR) is 235 cm³/mol. The van der Waals surface area contributed by atoms with Crippen molar-refractivity contribution in [3.05, 3.63) is 154 Å². The minimum atomic E-state index is -2.79. The third-order valence-corrected chi connectivity index (χ3v) is 14.6. The van der Waals surface area contributed by atoms with E-state index >= 15 is 13.2 Å². The first-order valence-electron chi connectivity index (χ1n) is 19.9. The Labute approximate surface area is 356 Å². The number of hydrogen-bond donors (Lipinski definition) is 1. The molecule has 0 bridgehead atoms. The number of likely N-dealkylation sites (N-methyl/N-ethyl adjacent to an activating group) is 1. The van der Waals surface area contributed by atoms with Gasteiger partial charge >= 0.3 is 0 Å². The number of anilines is 2. The highest BCUT2D eigenvalue weighted by atomic mass is 35.5. The first kappa shape index (κ1) is 45.8. The van der Waals surface area contributed by atoms with E-state index < -0.39 is 54.1 Å². The predicted octanol–water partition coefficient (Wildman–Crippen LogP) is 7.90. The van der Waals surface area contributed by atoms with Gasteiger partial charge in [0.05, 0.1) is 25.8 Å². The number of hydrogen-bond acceptors (Lipinski definition) is 6. The molecule has 2 aliphatic rings. The number of unbranched alkanes of at least 4 members (excludes halogenated alkanes) is 3. The number of carbonyl (C=O) groups is 2. The molecule has 0 saturated carbocycles. The van der Waals surface area contributed by atoms with Crippen LogP contribution in [0.1, 0.15) is 57.5 Å². The smallest absolute Gasteiger partial charge is 0.257 e. The number of nitrogens with one attached hydrogen (secondary N) is 1. The molecule has 3 aromatic carbocycles. The summed E-state index contributed by atoms with van der Waals surface area (Å²) in [6.45, 7) is 12.9. The van der Waals surface area contributed by atoms with Gasteiger partial charge in [-0.15, -0.1) is 11.6 Å². The molecule has 0 spiro atoms. The van der Waals surface area contributed by atoms with Crippen LogP contribution in [0, 0.1) is 17.5 Å². The van der Waals surface area contributed by atoms with Crippen LogP contribution in [0.25, 0.3) is 5.57 Å². The van der Waals surface area contributed by atoms with Crippen LogP contribution in [-0.2, 0) is 9.47 Å². The normalized spacial score (nSPS) is 15.2. The lowest BCUT2D eigenvalue weighted by Gasteiger charge is -2.39. The summed E-state index contributed by atoms with van der Waals surface area (Å²) in [6, 6.07) is 15.2. The molecule has 1 aliphatic carbocycles. The number of alkyl halides is 1. The van der Waals surface area contributed by atoms with Gasteiger partial charge in [-0.3, -0.25) is 4.79 Å². The molecule has 0 unspecified atom stereocenters. The van der Waals surface area contributed by atoms with Crippen LogP contribution in [0.4, 0.5) is 24.5 Å². The monoisotopic (exact) mass is 857 g/mol. The van der Waals surface area contributed by atoms with E-state index in [2.05, 4.69) is 31.6 Å². The molecule has 8 nitrogen and oxygen atoms in total. The minimum absolute atomic E-state index is 0.00690. The second kappa shape index (κ2) is 20.8. The number of rotatable bonds is 20. The van der Waals surface area contributed by atoms with Gasteiger partial charge in [-0.2, -0.15) is 4.58 Å². The number of aromatic carboxylic acids is 1. The van der Waals surface area contributed by atoms with Crippen molar-refractivity contribution in [2.45, 2.75) is 38.8 Å². The molecule has 0 saturated heterocycles. The maximum Gasteiger partial charge on any atom is 0.257 e. The lowest BCUT2D eigenvalue weighted by atomic mass is 9.85. The van der Waals surface area contributed by atoms with Gasteiger partial charge in [-0.25, -0.2) is 13.2 Å². The molecule has 1 amide bonds. The molecule has 1 N–H and O–H groups in total. The summed E-state index contributed by atoms with van der Waals surface area (Å²) in [7, 11) is 0.964. The number of carboxylic acids is 1. The van der Waals surface area contributed by atoms with Crippen LogP contribution in [0.3, 0.4) is 0 Å². The number of nitrogens with zero attached hydrogens (tertiary/aromatic N) is 2. The number of amides is 1. The first-order valence-corrected chi connectivity index (χ1v) is 23.4. The van der Waals surface area contributed by atoms with Gasteiger partial charge in [0, 0.05) is 72.9 Å². The SMILES string of the molecule is C=C/C=C(\C=C)[N+](C)=C1C=CC2=C(c3c(F)c(C(=O)NCCOCCOCCCCCCCl)c(F)c(F)c3C(=O)[O-])c3ccc(N(C)c4ccccc4)cc3[Si](C)(C)C2=C1. The zero-order valence-electron chi connectivity index (χ0n) is 34.5. The summed E-state index contributed by atoms with van der Waals surface area (Å²) in [5, 5.41) is 16.7. The van der Waals surface area contributed by atoms with E-state index in [-0.39, 0.29) is 25.3 Å². The lowest BCUT2D eigenvalue weighted by Crippen LogP contribution is -2.50. The highest BCUT2D eigenvalue weighted by Gasteiger charge is 2.43. The molecule has 0 aromatic heterocycles. The highest BCUT2D eigenvalue weighted by molar-refractivity contribution is 6.98. The van der Waals surface area contributed by atoms with Crippen molar-refractivity contribution in [2.24, 2.45) is 0 Å². The van der Waals surface area contributed by atoms with E-state index in [1.165, 1.54) is 0 Å². The van der Waals surface area contributed by atoms with Crippen LogP contribution >= 0.6 is 11.6 Å². The molecular weight excluding hydrogens is 807 g/mol. The third-order valence-electron chi connectivity index (χ3n) is 10.8. The summed E-state index contributed by atoms with van der Waals surface area (Å²) in [5.41, 5.74) is 0.622. The largest absolute Gasteiger partial charge is 0.545 e. The number of fused-ring (bicyclic) bond motifs is 2. The van der Waals surface area contributed by atoms with Crippen molar-refractivity contribution < 1.29 is 41.9 Å². The van der Waals surface area contributed by atoms with Crippen LogP contribution in [0.5, 0.6) is 0 Å². The van der Waals surface area contributed by atoms with Crippen molar-refractivity contribution in [1.29, 1.82) is 0 Å². The number of allylic oxidation sites excluding steroid dienone is 8. The fourth-order valence-corrected chi connectivity index (χ4v) is 10.7. The van der Waals surface area contributed by atoms with Gasteiger partial charge in [-0.05, 0) is 70.3 Å². The second-order valence-corrected chi connectivity index (χ2v) is 19.6. The molecule has 5 rings (SSSR count). The highest BCUT2D eigenvalue weighted by Crippen LogP contribution is 2.45. The van der Waals surface area contributed by atoms with Gasteiger partial charge in [0.25, 0.3) is 5.91 Å². The number of para-hydroxylation sites is 1.